The normalized spacial score (nSPS) is 9.64. The first-order valence-electron chi connectivity index (χ1n) is 5.18. The van der Waals surface area contributed by atoms with E-state index in [-0.39, 0.29) is 0 Å². The number of rotatable bonds is 2. The molecule has 0 N–H and O–H groups in total. The highest BCUT2D eigenvalue weighted by atomic mass is 15.3. The second-order valence-corrected chi connectivity index (χ2v) is 2.85. The fourth-order valence-electron chi connectivity index (χ4n) is 1.30. The van der Waals surface area contributed by atoms with Gasteiger partial charge >= 0.3 is 0 Å². The zero-order valence-electron chi connectivity index (χ0n) is 9.07. The molecule has 0 atom stereocenters. The predicted octanol–water partition coefficient (Wildman–Crippen LogP) is 2.71. The zero-order valence-corrected chi connectivity index (χ0v) is 9.07. The fourth-order valence-corrected chi connectivity index (χ4v) is 1.30. The van der Waals surface area contributed by atoms with E-state index in [1.807, 2.05) is 30.6 Å². The van der Waals surface area contributed by atoms with Crippen LogP contribution in [0.4, 0.5) is 0 Å². The van der Waals surface area contributed by atoms with E-state index >= 15 is 0 Å². The van der Waals surface area contributed by atoms with Crippen molar-refractivity contribution in [2.24, 2.45) is 0 Å². The van der Waals surface area contributed by atoms with Gasteiger partial charge in [0.25, 0.3) is 0 Å². The highest BCUT2D eigenvalue weighted by Gasteiger charge is 1.95. The van der Waals surface area contributed by atoms with Crippen molar-refractivity contribution in [2.45, 2.75) is 33.6 Å². The van der Waals surface area contributed by atoms with Gasteiger partial charge in [0.1, 0.15) is 6.33 Å². The maximum atomic E-state index is 4.07. The third-order valence-corrected chi connectivity index (χ3v) is 1.87. The lowest BCUT2D eigenvalue weighted by atomic mass is 10.2. The molecule has 0 radical (unpaired) electrons. The quantitative estimate of drug-likeness (QED) is 0.730. The first-order chi connectivity index (χ1) is 6.90. The van der Waals surface area contributed by atoms with Gasteiger partial charge in [0.2, 0.25) is 0 Å². The Kier molecular flexibility index (Phi) is 4.11. The molecule has 0 amide bonds. The van der Waals surface area contributed by atoms with Crippen molar-refractivity contribution in [3.05, 3.63) is 30.2 Å². The van der Waals surface area contributed by atoms with Gasteiger partial charge in [-0.25, -0.2) is 9.50 Å². The third-order valence-electron chi connectivity index (χ3n) is 1.87. The number of pyridine rings is 1. The van der Waals surface area contributed by atoms with Crippen molar-refractivity contribution >= 4 is 5.65 Å². The average molecular weight is 191 g/mol. The van der Waals surface area contributed by atoms with E-state index in [0.29, 0.717) is 0 Å². The molecule has 0 aliphatic heterocycles. The Morgan fingerprint density at radius 3 is 2.79 bits per heavy atom. The van der Waals surface area contributed by atoms with Gasteiger partial charge in [0.15, 0.2) is 5.65 Å². The minimum Gasteiger partial charge on any atom is -0.221 e. The number of fused-ring (bicyclic) bond motifs is 1. The highest BCUT2D eigenvalue weighted by Crippen LogP contribution is 2.04. The second kappa shape index (κ2) is 5.37. The molecule has 0 saturated heterocycles. The minimum atomic E-state index is 0.912. The van der Waals surface area contributed by atoms with Gasteiger partial charge in [0.05, 0.1) is 0 Å². The molecule has 0 aliphatic rings. The molecule has 0 aliphatic carbocycles. The standard InChI is InChI=1S/C9H11N3.C2H6/c1-2-3-8-4-5-9-10-7-11-12(9)6-8;1-2/h4-7H,2-3H2,1H3;1-2H3. The lowest BCUT2D eigenvalue weighted by molar-refractivity contribution is 0.881. The lowest BCUT2D eigenvalue weighted by Crippen LogP contribution is -1.90. The largest absolute Gasteiger partial charge is 0.221 e. The molecule has 0 saturated carbocycles. The molecule has 0 spiro atoms. The average Bonchev–Trinajstić information content (AvgIpc) is 2.68. The van der Waals surface area contributed by atoms with Crippen molar-refractivity contribution in [1.29, 1.82) is 0 Å². The summed E-state index contributed by atoms with van der Waals surface area (Å²) in [6, 6.07) is 4.10. The fraction of sp³-hybridized carbons (Fsp3) is 0.455. The molecule has 3 nitrogen and oxygen atoms in total. The lowest BCUT2D eigenvalue weighted by Gasteiger charge is -1.97. The van der Waals surface area contributed by atoms with Crippen molar-refractivity contribution in [2.75, 3.05) is 0 Å². The topological polar surface area (TPSA) is 30.2 Å². The Bertz CT molecular complexity index is 379. The summed E-state index contributed by atoms with van der Waals surface area (Å²) < 4.78 is 1.81. The van der Waals surface area contributed by atoms with Crippen LogP contribution in [0.25, 0.3) is 5.65 Å². The van der Waals surface area contributed by atoms with Crippen molar-refractivity contribution in [3.8, 4) is 0 Å². The first-order valence-corrected chi connectivity index (χ1v) is 5.18. The Labute approximate surface area is 84.8 Å². The third kappa shape index (κ3) is 2.31. The summed E-state index contributed by atoms with van der Waals surface area (Å²) in [5.41, 5.74) is 2.23. The van der Waals surface area contributed by atoms with Gasteiger partial charge in [-0.05, 0) is 18.1 Å². The van der Waals surface area contributed by atoms with Crippen LogP contribution in [-0.2, 0) is 6.42 Å². The number of aryl methyl sites for hydroxylation is 1. The molecule has 0 unspecified atom stereocenters. The monoisotopic (exact) mass is 191 g/mol. The summed E-state index contributed by atoms with van der Waals surface area (Å²) in [6.07, 6.45) is 5.88. The van der Waals surface area contributed by atoms with Crippen molar-refractivity contribution in [1.82, 2.24) is 14.6 Å². The van der Waals surface area contributed by atoms with E-state index in [0.717, 1.165) is 12.1 Å². The van der Waals surface area contributed by atoms with Crippen LogP contribution in [0.2, 0.25) is 0 Å². The zero-order chi connectivity index (χ0) is 10.4. The summed E-state index contributed by atoms with van der Waals surface area (Å²) in [7, 11) is 0. The van der Waals surface area contributed by atoms with E-state index in [4.69, 9.17) is 0 Å². The van der Waals surface area contributed by atoms with Gasteiger partial charge in [-0.1, -0.05) is 33.3 Å². The van der Waals surface area contributed by atoms with Gasteiger partial charge in [0, 0.05) is 6.20 Å². The maximum absolute atomic E-state index is 4.07. The van der Waals surface area contributed by atoms with Gasteiger partial charge < -0.3 is 0 Å². The van der Waals surface area contributed by atoms with E-state index in [1.165, 1.54) is 12.0 Å². The van der Waals surface area contributed by atoms with Gasteiger partial charge in [-0.3, -0.25) is 0 Å². The number of hydrogen-bond acceptors (Lipinski definition) is 2. The molecule has 0 bridgehead atoms. The van der Waals surface area contributed by atoms with Crippen LogP contribution in [0, 0.1) is 0 Å². The van der Waals surface area contributed by atoms with Crippen LogP contribution >= 0.6 is 0 Å². The van der Waals surface area contributed by atoms with Crippen LogP contribution in [-0.4, -0.2) is 14.6 Å². The maximum Gasteiger partial charge on any atom is 0.155 e. The van der Waals surface area contributed by atoms with Crippen LogP contribution in [0.3, 0.4) is 0 Å². The van der Waals surface area contributed by atoms with Crippen LogP contribution in [0.1, 0.15) is 32.8 Å². The first kappa shape index (κ1) is 10.7. The molecule has 3 heteroatoms. The summed E-state index contributed by atoms with van der Waals surface area (Å²) in [5.74, 6) is 0. The molecule has 0 aromatic carbocycles. The molecule has 76 valence electrons. The number of aromatic nitrogens is 3. The van der Waals surface area contributed by atoms with Gasteiger partial charge in [-0.2, -0.15) is 5.10 Å². The summed E-state index contributed by atoms with van der Waals surface area (Å²) in [5, 5.41) is 4.07. The molecule has 2 heterocycles. The smallest absolute Gasteiger partial charge is 0.155 e. The van der Waals surface area contributed by atoms with Crippen LogP contribution < -0.4 is 0 Å². The molecular formula is C11H17N3. The summed E-state index contributed by atoms with van der Waals surface area (Å²) in [6.45, 7) is 6.17. The van der Waals surface area contributed by atoms with E-state index in [9.17, 15) is 0 Å². The minimum absolute atomic E-state index is 0.912. The number of hydrogen-bond donors (Lipinski definition) is 0. The Balaban J connectivity index is 0.000000461. The van der Waals surface area contributed by atoms with E-state index < -0.39 is 0 Å². The second-order valence-electron chi connectivity index (χ2n) is 2.85. The molecule has 2 aromatic heterocycles. The predicted molar refractivity (Wildman–Crippen MR) is 58.3 cm³/mol. The molecular weight excluding hydrogens is 174 g/mol. The van der Waals surface area contributed by atoms with Crippen LogP contribution in [0.15, 0.2) is 24.7 Å². The Hall–Kier alpha value is -1.38. The molecule has 2 aromatic rings. The molecule has 2 rings (SSSR count). The summed E-state index contributed by atoms with van der Waals surface area (Å²) in [4.78, 5) is 4.07. The van der Waals surface area contributed by atoms with Crippen molar-refractivity contribution in [3.63, 3.8) is 0 Å². The highest BCUT2D eigenvalue weighted by molar-refractivity contribution is 5.37. The van der Waals surface area contributed by atoms with Crippen LogP contribution in [0.5, 0.6) is 0 Å². The van der Waals surface area contributed by atoms with E-state index in [2.05, 4.69) is 23.1 Å². The number of nitrogens with zero attached hydrogens (tertiary/aromatic N) is 3. The molecule has 14 heavy (non-hydrogen) atoms. The van der Waals surface area contributed by atoms with Gasteiger partial charge in [-0.15, -0.1) is 0 Å². The Morgan fingerprint density at radius 1 is 1.29 bits per heavy atom. The Morgan fingerprint density at radius 2 is 2.07 bits per heavy atom. The SMILES string of the molecule is CC.CCCc1ccc2ncnn2c1. The van der Waals surface area contributed by atoms with E-state index in [1.54, 1.807) is 6.33 Å². The molecule has 0 fully saturated rings. The summed E-state index contributed by atoms with van der Waals surface area (Å²) >= 11 is 0. The van der Waals surface area contributed by atoms with Crippen molar-refractivity contribution < 1.29 is 0 Å².